The number of amides is 2. The van der Waals surface area contributed by atoms with E-state index in [1.54, 1.807) is 0 Å². The van der Waals surface area contributed by atoms with Crippen molar-refractivity contribution in [2.45, 2.75) is 12.0 Å². The summed E-state index contributed by atoms with van der Waals surface area (Å²) >= 11 is 0. The van der Waals surface area contributed by atoms with Crippen LogP contribution in [0, 0.1) is 17.5 Å². The molecule has 0 saturated carbocycles. The molecule has 4 rings (SSSR count). The monoisotopic (exact) mass is 463 g/mol. The van der Waals surface area contributed by atoms with Gasteiger partial charge in [0.05, 0.1) is 32.9 Å². The number of hydrogen-bond donors (Lipinski definition) is 3. The molecule has 0 spiro atoms. The summed E-state index contributed by atoms with van der Waals surface area (Å²) in [7, 11) is 1.32. The lowest BCUT2D eigenvalue weighted by Crippen LogP contribution is -2.55. The van der Waals surface area contributed by atoms with Crippen molar-refractivity contribution in [2.24, 2.45) is 4.99 Å². The Morgan fingerprint density at radius 3 is 2.42 bits per heavy atom. The van der Waals surface area contributed by atoms with Gasteiger partial charge < -0.3 is 25.5 Å². The Bertz CT molecular complexity index is 1010. The molecule has 8 nitrogen and oxygen atoms in total. The van der Waals surface area contributed by atoms with Gasteiger partial charge >= 0.3 is 6.03 Å². The third-order valence-corrected chi connectivity index (χ3v) is 5.49. The quantitative estimate of drug-likeness (QED) is 0.635. The fourth-order valence-electron chi connectivity index (χ4n) is 3.83. The fraction of sp³-hybridized carbons (Fsp3) is 0.364. The SMILES string of the molecule is COc1cc(F)c(C2CN=C(NN3CCOCC3)C2NC(=O)Nc2ccc(F)cc2)c(F)c1. The van der Waals surface area contributed by atoms with Gasteiger partial charge in [0.2, 0.25) is 0 Å². The molecule has 2 amide bonds. The molecule has 0 aliphatic carbocycles. The van der Waals surface area contributed by atoms with Crippen molar-refractivity contribution in [3.05, 3.63) is 59.4 Å². The van der Waals surface area contributed by atoms with Crippen LogP contribution < -0.4 is 20.8 Å². The molecule has 1 saturated heterocycles. The highest BCUT2D eigenvalue weighted by atomic mass is 19.1. The van der Waals surface area contributed by atoms with Gasteiger partial charge in [-0.3, -0.25) is 4.99 Å². The average molecular weight is 463 g/mol. The number of carbonyl (C=O) groups excluding carboxylic acids is 1. The first kappa shape index (κ1) is 22.9. The first-order valence-corrected chi connectivity index (χ1v) is 10.4. The second-order valence-electron chi connectivity index (χ2n) is 7.63. The number of amidine groups is 1. The van der Waals surface area contributed by atoms with Crippen molar-refractivity contribution in [3.8, 4) is 5.75 Å². The van der Waals surface area contributed by atoms with E-state index in [4.69, 9.17) is 9.47 Å². The smallest absolute Gasteiger partial charge is 0.319 e. The summed E-state index contributed by atoms with van der Waals surface area (Å²) in [6.07, 6.45) is 0. The molecule has 2 atom stereocenters. The molecule has 3 N–H and O–H groups in total. The molecule has 11 heteroatoms. The van der Waals surface area contributed by atoms with Crippen LogP contribution in [0.25, 0.3) is 0 Å². The number of urea groups is 1. The normalized spacial score (nSPS) is 20.8. The zero-order valence-corrected chi connectivity index (χ0v) is 17.9. The summed E-state index contributed by atoms with van der Waals surface area (Å²) in [6.45, 7) is 2.28. The van der Waals surface area contributed by atoms with Crippen molar-refractivity contribution >= 4 is 17.6 Å². The average Bonchev–Trinajstić information content (AvgIpc) is 3.17. The number of benzene rings is 2. The van der Waals surface area contributed by atoms with E-state index in [0.29, 0.717) is 37.8 Å². The molecule has 2 aromatic carbocycles. The maximum atomic E-state index is 14.8. The van der Waals surface area contributed by atoms with Crippen LogP contribution in [0.3, 0.4) is 0 Å². The van der Waals surface area contributed by atoms with Crippen LogP contribution >= 0.6 is 0 Å². The third-order valence-electron chi connectivity index (χ3n) is 5.49. The molecule has 0 radical (unpaired) electrons. The van der Waals surface area contributed by atoms with Gasteiger partial charge in [-0.15, -0.1) is 0 Å². The van der Waals surface area contributed by atoms with Gasteiger partial charge in [-0.2, -0.15) is 0 Å². The molecule has 0 bridgehead atoms. The van der Waals surface area contributed by atoms with E-state index in [1.807, 2.05) is 5.01 Å². The third kappa shape index (κ3) is 5.37. The van der Waals surface area contributed by atoms with Crippen LogP contribution in [-0.2, 0) is 4.74 Å². The number of hydrazine groups is 1. The lowest BCUT2D eigenvalue weighted by atomic mass is 9.91. The number of aliphatic imine (C=N–C) groups is 1. The first-order valence-electron chi connectivity index (χ1n) is 10.4. The lowest BCUT2D eigenvalue weighted by Gasteiger charge is -2.31. The predicted molar refractivity (Wildman–Crippen MR) is 116 cm³/mol. The molecule has 2 aromatic rings. The second-order valence-corrected chi connectivity index (χ2v) is 7.63. The maximum Gasteiger partial charge on any atom is 0.319 e. The Kier molecular flexibility index (Phi) is 6.99. The highest BCUT2D eigenvalue weighted by Gasteiger charge is 2.38. The van der Waals surface area contributed by atoms with E-state index in [9.17, 15) is 18.0 Å². The van der Waals surface area contributed by atoms with Gasteiger partial charge in [0.1, 0.15) is 29.0 Å². The van der Waals surface area contributed by atoms with Crippen LogP contribution in [0.4, 0.5) is 23.7 Å². The summed E-state index contributed by atoms with van der Waals surface area (Å²) < 4.78 is 53.1. The Morgan fingerprint density at radius 1 is 1.12 bits per heavy atom. The van der Waals surface area contributed by atoms with Crippen molar-refractivity contribution < 1.29 is 27.4 Å². The number of hydrogen-bond acceptors (Lipinski definition) is 6. The van der Waals surface area contributed by atoms with Crippen LogP contribution in [0.1, 0.15) is 11.5 Å². The van der Waals surface area contributed by atoms with Gasteiger partial charge in [-0.1, -0.05) is 0 Å². The van der Waals surface area contributed by atoms with E-state index in [0.717, 1.165) is 12.1 Å². The number of rotatable bonds is 5. The number of anilines is 1. The Morgan fingerprint density at radius 2 is 1.79 bits per heavy atom. The van der Waals surface area contributed by atoms with Gasteiger partial charge in [0, 0.05) is 42.4 Å². The lowest BCUT2D eigenvalue weighted by molar-refractivity contribution is 0.0243. The number of methoxy groups -OCH3 is 1. The number of carbonyl (C=O) groups is 1. The first-order chi connectivity index (χ1) is 15.9. The van der Waals surface area contributed by atoms with Crippen molar-refractivity contribution in [1.29, 1.82) is 0 Å². The van der Waals surface area contributed by atoms with Gasteiger partial charge in [-0.05, 0) is 24.3 Å². The number of nitrogens with one attached hydrogen (secondary N) is 3. The highest BCUT2D eigenvalue weighted by Crippen LogP contribution is 2.32. The van der Waals surface area contributed by atoms with E-state index in [-0.39, 0.29) is 17.9 Å². The highest BCUT2D eigenvalue weighted by molar-refractivity contribution is 5.97. The summed E-state index contributed by atoms with van der Waals surface area (Å²) in [5.41, 5.74) is 3.32. The van der Waals surface area contributed by atoms with E-state index in [1.165, 1.54) is 31.4 Å². The zero-order chi connectivity index (χ0) is 23.4. The standard InChI is InChI=1S/C22H24F3N5O3/c1-32-15-10-17(24)19(18(25)11-15)16-12-26-21(29-30-6-8-33-9-7-30)20(16)28-22(31)27-14-4-2-13(23)3-5-14/h2-5,10-11,16,20H,6-9,12H2,1H3,(H,26,29)(H2,27,28,31). The Labute approximate surface area is 188 Å². The Hall–Kier alpha value is -3.31. The van der Waals surface area contributed by atoms with E-state index in [2.05, 4.69) is 21.1 Å². The van der Waals surface area contributed by atoms with Crippen LogP contribution in [0.2, 0.25) is 0 Å². The molecular weight excluding hydrogens is 439 g/mol. The molecular formula is C22H24F3N5O3. The minimum Gasteiger partial charge on any atom is -0.497 e. The molecule has 0 aromatic heterocycles. The van der Waals surface area contributed by atoms with Crippen LogP contribution in [-0.4, -0.2) is 62.9 Å². The number of morpholine rings is 1. The van der Waals surface area contributed by atoms with E-state index < -0.39 is 35.4 Å². The van der Waals surface area contributed by atoms with Crippen LogP contribution in [0.5, 0.6) is 5.75 Å². The molecule has 2 heterocycles. The summed E-state index contributed by atoms with van der Waals surface area (Å²) in [5, 5.41) is 7.23. The summed E-state index contributed by atoms with van der Waals surface area (Å²) in [5.74, 6) is -2.37. The number of nitrogens with zero attached hydrogens (tertiary/aromatic N) is 2. The molecule has 1 fully saturated rings. The van der Waals surface area contributed by atoms with Gasteiger partial charge in [0.15, 0.2) is 0 Å². The van der Waals surface area contributed by atoms with Crippen LogP contribution in [0.15, 0.2) is 41.4 Å². The topological polar surface area (TPSA) is 87.2 Å². The van der Waals surface area contributed by atoms with Crippen molar-refractivity contribution in [2.75, 3.05) is 45.3 Å². The number of halogens is 3. The zero-order valence-electron chi connectivity index (χ0n) is 17.9. The largest absolute Gasteiger partial charge is 0.497 e. The van der Waals surface area contributed by atoms with Gasteiger partial charge in [0.25, 0.3) is 0 Å². The molecule has 2 unspecified atom stereocenters. The molecule has 33 heavy (non-hydrogen) atoms. The Balaban J connectivity index is 1.56. The minimum absolute atomic E-state index is 0.0536. The van der Waals surface area contributed by atoms with E-state index >= 15 is 0 Å². The fourth-order valence-corrected chi connectivity index (χ4v) is 3.83. The maximum absolute atomic E-state index is 14.8. The van der Waals surface area contributed by atoms with Crippen molar-refractivity contribution in [1.82, 2.24) is 15.8 Å². The minimum atomic E-state index is -0.842. The van der Waals surface area contributed by atoms with Crippen molar-refractivity contribution in [3.63, 3.8) is 0 Å². The molecule has 2 aliphatic rings. The number of ether oxygens (including phenoxy) is 2. The summed E-state index contributed by atoms with van der Waals surface area (Å²) in [6, 6.07) is 5.97. The summed E-state index contributed by atoms with van der Waals surface area (Å²) in [4.78, 5) is 17.1. The molecule has 2 aliphatic heterocycles. The van der Waals surface area contributed by atoms with Gasteiger partial charge in [-0.25, -0.2) is 23.0 Å². The second kappa shape index (κ2) is 10.1. The predicted octanol–water partition coefficient (Wildman–Crippen LogP) is 2.64. The molecule has 176 valence electrons.